The summed E-state index contributed by atoms with van der Waals surface area (Å²) >= 11 is 5.97. The summed E-state index contributed by atoms with van der Waals surface area (Å²) in [6, 6.07) is 24.4. The fourth-order valence-electron chi connectivity index (χ4n) is 3.33. The van der Waals surface area contributed by atoms with Crippen molar-refractivity contribution in [1.82, 2.24) is 0 Å². The van der Waals surface area contributed by atoms with Crippen molar-refractivity contribution in [3.05, 3.63) is 107 Å². The lowest BCUT2D eigenvalue weighted by atomic mass is 10.1. The number of benzene rings is 3. The van der Waals surface area contributed by atoms with E-state index in [4.69, 9.17) is 11.6 Å². The minimum Gasteiger partial charge on any atom is -0.326 e. The summed E-state index contributed by atoms with van der Waals surface area (Å²) in [5.74, 6) is -0.255. The zero-order valence-corrected chi connectivity index (χ0v) is 17.1. The van der Waals surface area contributed by atoms with Gasteiger partial charge in [-0.3, -0.25) is 14.5 Å². The van der Waals surface area contributed by atoms with Gasteiger partial charge < -0.3 is 5.32 Å². The van der Waals surface area contributed by atoms with Crippen molar-refractivity contribution in [3.8, 4) is 0 Å². The topological polar surface area (TPSA) is 49.4 Å². The van der Waals surface area contributed by atoms with Gasteiger partial charge in [0.05, 0.1) is 5.70 Å². The van der Waals surface area contributed by atoms with E-state index in [-0.39, 0.29) is 11.8 Å². The number of rotatable bonds is 4. The molecule has 0 aromatic heterocycles. The molecule has 30 heavy (non-hydrogen) atoms. The van der Waals surface area contributed by atoms with Crippen LogP contribution in [0.5, 0.6) is 0 Å². The van der Waals surface area contributed by atoms with Crippen LogP contribution >= 0.6 is 11.6 Å². The van der Waals surface area contributed by atoms with E-state index in [2.05, 4.69) is 5.32 Å². The van der Waals surface area contributed by atoms with E-state index in [9.17, 15) is 9.59 Å². The van der Waals surface area contributed by atoms with Crippen LogP contribution in [0, 0.1) is 0 Å². The second kappa shape index (κ2) is 8.39. The average molecular weight is 415 g/mol. The van der Waals surface area contributed by atoms with Crippen LogP contribution in [0.1, 0.15) is 18.1 Å². The van der Waals surface area contributed by atoms with Crippen molar-refractivity contribution < 1.29 is 9.59 Å². The molecule has 1 N–H and O–H groups in total. The van der Waals surface area contributed by atoms with Crippen LogP contribution in [0.2, 0.25) is 5.02 Å². The predicted molar refractivity (Wildman–Crippen MR) is 122 cm³/mol. The Morgan fingerprint density at radius 3 is 2.23 bits per heavy atom. The van der Waals surface area contributed by atoms with Crippen LogP contribution in [0.15, 0.2) is 90.5 Å². The molecule has 0 aliphatic carbocycles. The van der Waals surface area contributed by atoms with E-state index in [1.807, 2.05) is 66.7 Å². The number of hydrogen-bond acceptors (Lipinski definition) is 2. The SMILES string of the molecule is CC(=O)Nc1ccc(N2C(=O)/C(=C/c3ccc(Cl)cc3)C=C2c2ccccc2)cc1. The van der Waals surface area contributed by atoms with Crippen LogP contribution in [0.25, 0.3) is 11.8 Å². The second-order valence-corrected chi connectivity index (χ2v) is 7.35. The van der Waals surface area contributed by atoms with E-state index in [1.54, 1.807) is 29.2 Å². The van der Waals surface area contributed by atoms with Crippen molar-refractivity contribution in [2.75, 3.05) is 10.2 Å². The molecule has 1 aliphatic heterocycles. The van der Waals surface area contributed by atoms with Crippen molar-refractivity contribution in [2.45, 2.75) is 6.92 Å². The molecule has 0 radical (unpaired) electrons. The standard InChI is InChI=1S/C25H19ClN2O2/c1-17(29)27-22-11-13-23(14-12-22)28-24(19-5-3-2-4-6-19)16-20(25(28)30)15-18-7-9-21(26)10-8-18/h2-16H,1H3,(H,27,29)/b20-15+. The number of halogens is 1. The van der Waals surface area contributed by atoms with Gasteiger partial charge in [0.2, 0.25) is 5.91 Å². The highest BCUT2D eigenvalue weighted by molar-refractivity contribution is 6.30. The summed E-state index contributed by atoms with van der Waals surface area (Å²) in [5, 5.41) is 3.39. The van der Waals surface area contributed by atoms with Crippen molar-refractivity contribution in [2.24, 2.45) is 0 Å². The lowest BCUT2D eigenvalue weighted by Crippen LogP contribution is -2.25. The highest BCUT2D eigenvalue weighted by Gasteiger charge is 2.30. The van der Waals surface area contributed by atoms with E-state index >= 15 is 0 Å². The van der Waals surface area contributed by atoms with E-state index in [1.165, 1.54) is 6.92 Å². The highest BCUT2D eigenvalue weighted by atomic mass is 35.5. The first-order chi connectivity index (χ1) is 14.5. The Morgan fingerprint density at radius 1 is 0.933 bits per heavy atom. The molecule has 0 spiro atoms. The van der Waals surface area contributed by atoms with Crippen molar-refractivity contribution in [1.29, 1.82) is 0 Å². The molecule has 1 aliphatic rings. The third kappa shape index (κ3) is 4.19. The summed E-state index contributed by atoms with van der Waals surface area (Å²) in [5.41, 5.74) is 4.63. The highest BCUT2D eigenvalue weighted by Crippen LogP contribution is 2.35. The minimum absolute atomic E-state index is 0.115. The Labute approximate surface area is 180 Å². The van der Waals surface area contributed by atoms with Gasteiger partial charge in [-0.05, 0) is 59.7 Å². The minimum atomic E-state index is -0.141. The molecule has 5 heteroatoms. The largest absolute Gasteiger partial charge is 0.326 e. The van der Waals surface area contributed by atoms with E-state index < -0.39 is 0 Å². The molecular weight excluding hydrogens is 396 g/mol. The Hall–Kier alpha value is -3.63. The van der Waals surface area contributed by atoms with Crippen LogP contribution < -0.4 is 10.2 Å². The summed E-state index contributed by atoms with van der Waals surface area (Å²) in [4.78, 5) is 26.3. The third-order valence-electron chi connectivity index (χ3n) is 4.69. The van der Waals surface area contributed by atoms with Crippen molar-refractivity contribution >= 4 is 46.6 Å². The Kier molecular flexibility index (Phi) is 5.50. The normalized spacial score (nSPS) is 14.7. The number of carbonyl (C=O) groups is 2. The molecule has 0 bridgehead atoms. The van der Waals surface area contributed by atoms with Gasteiger partial charge in [-0.2, -0.15) is 0 Å². The van der Waals surface area contributed by atoms with Gasteiger partial charge in [-0.15, -0.1) is 0 Å². The summed E-state index contributed by atoms with van der Waals surface area (Å²) in [6.07, 6.45) is 3.75. The molecule has 4 rings (SSSR count). The molecular formula is C25H19ClN2O2. The first-order valence-corrected chi connectivity index (χ1v) is 9.85. The Balaban J connectivity index is 1.74. The predicted octanol–water partition coefficient (Wildman–Crippen LogP) is 5.77. The van der Waals surface area contributed by atoms with Crippen molar-refractivity contribution in [3.63, 3.8) is 0 Å². The molecule has 0 unspecified atom stereocenters. The quantitative estimate of drug-likeness (QED) is 0.551. The van der Waals surface area contributed by atoms with Gasteiger partial charge in [0.1, 0.15) is 0 Å². The first-order valence-electron chi connectivity index (χ1n) is 9.48. The maximum absolute atomic E-state index is 13.3. The maximum Gasteiger partial charge on any atom is 0.262 e. The monoisotopic (exact) mass is 414 g/mol. The number of anilines is 2. The Bertz CT molecular complexity index is 1150. The molecule has 0 atom stereocenters. The zero-order valence-electron chi connectivity index (χ0n) is 16.3. The number of amides is 2. The van der Waals surface area contributed by atoms with E-state index in [0.717, 1.165) is 22.5 Å². The molecule has 0 fully saturated rings. The van der Waals surface area contributed by atoms with Gasteiger partial charge in [-0.25, -0.2) is 0 Å². The number of nitrogens with zero attached hydrogens (tertiary/aromatic N) is 1. The molecule has 2 amide bonds. The lowest BCUT2D eigenvalue weighted by molar-refractivity contribution is -0.114. The third-order valence-corrected chi connectivity index (χ3v) is 4.94. The summed E-state index contributed by atoms with van der Waals surface area (Å²) in [6.45, 7) is 1.46. The fraction of sp³-hybridized carbons (Fsp3) is 0.0400. The average Bonchev–Trinajstić information content (AvgIpc) is 3.07. The van der Waals surface area contributed by atoms with Gasteiger partial charge in [0.15, 0.2) is 0 Å². The smallest absolute Gasteiger partial charge is 0.262 e. The first kappa shape index (κ1) is 19.7. The number of nitrogens with one attached hydrogen (secondary N) is 1. The van der Waals surface area contributed by atoms with Gasteiger partial charge >= 0.3 is 0 Å². The molecule has 3 aromatic rings. The van der Waals surface area contributed by atoms with Crippen LogP contribution in [-0.4, -0.2) is 11.8 Å². The zero-order chi connectivity index (χ0) is 21.1. The molecule has 0 saturated heterocycles. The van der Waals surface area contributed by atoms with Crippen LogP contribution in [0.3, 0.4) is 0 Å². The maximum atomic E-state index is 13.3. The number of carbonyl (C=O) groups excluding carboxylic acids is 2. The molecule has 148 valence electrons. The number of hydrogen-bond donors (Lipinski definition) is 1. The lowest BCUT2D eigenvalue weighted by Gasteiger charge is -2.21. The molecule has 3 aromatic carbocycles. The summed E-state index contributed by atoms with van der Waals surface area (Å²) < 4.78 is 0. The molecule has 0 saturated carbocycles. The molecule has 1 heterocycles. The van der Waals surface area contributed by atoms with Crippen LogP contribution in [-0.2, 0) is 9.59 Å². The van der Waals surface area contributed by atoms with Crippen LogP contribution in [0.4, 0.5) is 11.4 Å². The summed E-state index contributed by atoms with van der Waals surface area (Å²) in [7, 11) is 0. The van der Waals surface area contributed by atoms with Gasteiger partial charge in [-0.1, -0.05) is 54.1 Å². The van der Waals surface area contributed by atoms with E-state index in [0.29, 0.717) is 16.3 Å². The Morgan fingerprint density at radius 2 is 1.60 bits per heavy atom. The fourth-order valence-corrected chi connectivity index (χ4v) is 3.45. The molecule has 4 nitrogen and oxygen atoms in total. The van der Waals surface area contributed by atoms with Gasteiger partial charge in [0.25, 0.3) is 5.91 Å². The second-order valence-electron chi connectivity index (χ2n) is 6.92. The van der Waals surface area contributed by atoms with Gasteiger partial charge in [0, 0.05) is 28.9 Å².